The Labute approximate surface area is 102 Å². The van der Waals surface area contributed by atoms with Crippen molar-refractivity contribution in [3.63, 3.8) is 0 Å². The first-order chi connectivity index (χ1) is 6.43. The Morgan fingerprint density at radius 1 is 1.43 bits per heavy atom. The molecule has 14 heavy (non-hydrogen) atoms. The molecule has 0 aliphatic carbocycles. The van der Waals surface area contributed by atoms with Gasteiger partial charge in [-0.2, -0.15) is 0 Å². The van der Waals surface area contributed by atoms with Crippen molar-refractivity contribution in [1.82, 2.24) is 0 Å². The van der Waals surface area contributed by atoms with Gasteiger partial charge in [0, 0.05) is 19.5 Å². The predicted octanol–water partition coefficient (Wildman–Crippen LogP) is 2.98. The zero-order chi connectivity index (χ0) is 10.9. The molecule has 0 spiro atoms. The molecule has 0 fully saturated rings. The number of carboxylic acid groups (broad SMARTS) is 1. The summed E-state index contributed by atoms with van der Waals surface area (Å²) < 4.78 is 1.08. The van der Waals surface area contributed by atoms with Crippen molar-refractivity contribution in [1.29, 1.82) is 0 Å². The molecular formula is C8H5Br2ClO3. The van der Waals surface area contributed by atoms with Crippen LogP contribution < -0.4 is 0 Å². The summed E-state index contributed by atoms with van der Waals surface area (Å²) in [6.07, 6.45) is -1.58. The smallest absolute Gasteiger partial charge is 0.337 e. The van der Waals surface area contributed by atoms with E-state index in [9.17, 15) is 9.90 Å². The van der Waals surface area contributed by atoms with E-state index in [1.807, 2.05) is 0 Å². The first kappa shape index (κ1) is 12.0. The average Bonchev–Trinajstić information content (AvgIpc) is 2.09. The van der Waals surface area contributed by atoms with E-state index in [4.69, 9.17) is 16.7 Å². The highest BCUT2D eigenvalue weighted by atomic mass is 79.9. The zero-order valence-electron chi connectivity index (χ0n) is 6.67. The molecule has 0 bridgehead atoms. The van der Waals surface area contributed by atoms with E-state index >= 15 is 0 Å². The minimum Gasteiger partial charge on any atom is -0.479 e. The molecule has 1 unspecified atom stereocenters. The van der Waals surface area contributed by atoms with Gasteiger partial charge in [-0.3, -0.25) is 0 Å². The topological polar surface area (TPSA) is 57.5 Å². The van der Waals surface area contributed by atoms with Crippen LogP contribution in [-0.4, -0.2) is 16.2 Å². The van der Waals surface area contributed by atoms with E-state index in [0.717, 1.165) is 0 Å². The lowest BCUT2D eigenvalue weighted by Crippen LogP contribution is -2.11. The molecule has 0 radical (unpaired) electrons. The monoisotopic (exact) mass is 342 g/mol. The molecule has 0 aromatic heterocycles. The fourth-order valence-corrected chi connectivity index (χ4v) is 2.19. The van der Waals surface area contributed by atoms with E-state index < -0.39 is 12.1 Å². The molecule has 76 valence electrons. The van der Waals surface area contributed by atoms with E-state index in [1.54, 1.807) is 6.07 Å². The SMILES string of the molecule is O=C(O)C(O)c1cc(Cl)cc(Br)c1Br. The van der Waals surface area contributed by atoms with Crippen molar-refractivity contribution in [2.24, 2.45) is 0 Å². The lowest BCUT2D eigenvalue weighted by atomic mass is 10.1. The quantitative estimate of drug-likeness (QED) is 0.811. The van der Waals surface area contributed by atoms with Gasteiger partial charge in [0.2, 0.25) is 0 Å². The minimum absolute atomic E-state index is 0.219. The Balaban J connectivity index is 3.26. The molecule has 0 aliphatic rings. The molecule has 0 saturated heterocycles. The van der Waals surface area contributed by atoms with Gasteiger partial charge in [-0.15, -0.1) is 0 Å². The first-order valence-corrected chi connectivity index (χ1v) is 5.45. The summed E-state index contributed by atoms with van der Waals surface area (Å²) in [7, 11) is 0. The van der Waals surface area contributed by atoms with Crippen molar-refractivity contribution in [3.8, 4) is 0 Å². The van der Waals surface area contributed by atoms with Gasteiger partial charge in [-0.05, 0) is 44.0 Å². The standard InChI is InChI=1S/C8H5Br2ClO3/c9-5-2-3(11)1-4(6(5)10)7(12)8(13)14/h1-2,7,12H,(H,13,14). The van der Waals surface area contributed by atoms with E-state index in [0.29, 0.717) is 14.0 Å². The molecule has 0 saturated carbocycles. The van der Waals surface area contributed by atoms with Gasteiger partial charge in [0.25, 0.3) is 0 Å². The number of benzene rings is 1. The fourth-order valence-electron chi connectivity index (χ4n) is 0.908. The summed E-state index contributed by atoms with van der Waals surface area (Å²) in [5.74, 6) is -1.32. The molecule has 0 aliphatic heterocycles. The molecule has 1 atom stereocenters. The van der Waals surface area contributed by atoms with Crippen LogP contribution in [0.15, 0.2) is 21.1 Å². The van der Waals surface area contributed by atoms with Gasteiger partial charge >= 0.3 is 5.97 Å². The minimum atomic E-state index is -1.58. The Morgan fingerprint density at radius 2 is 2.00 bits per heavy atom. The third-order valence-corrected chi connectivity index (χ3v) is 3.81. The van der Waals surface area contributed by atoms with E-state index in [1.165, 1.54) is 6.07 Å². The summed E-state index contributed by atoms with van der Waals surface area (Å²) in [6.45, 7) is 0. The normalized spacial score (nSPS) is 12.6. The lowest BCUT2D eigenvalue weighted by molar-refractivity contribution is -0.147. The number of aliphatic hydroxyl groups is 1. The Bertz CT molecular complexity index is 381. The van der Waals surface area contributed by atoms with Crippen LogP contribution in [0.5, 0.6) is 0 Å². The first-order valence-electron chi connectivity index (χ1n) is 3.48. The highest BCUT2D eigenvalue weighted by Gasteiger charge is 2.20. The second kappa shape index (κ2) is 4.61. The maximum absolute atomic E-state index is 10.5. The Hall–Kier alpha value is -0.100. The highest BCUT2D eigenvalue weighted by molar-refractivity contribution is 9.13. The third-order valence-electron chi connectivity index (χ3n) is 1.55. The van der Waals surface area contributed by atoms with Crippen LogP contribution >= 0.6 is 43.5 Å². The number of aliphatic carboxylic acids is 1. The number of aliphatic hydroxyl groups excluding tert-OH is 1. The molecule has 1 aromatic rings. The Kier molecular flexibility index (Phi) is 3.94. The van der Waals surface area contributed by atoms with Gasteiger partial charge in [-0.1, -0.05) is 11.6 Å². The third kappa shape index (κ3) is 2.48. The number of halogens is 3. The molecule has 3 nitrogen and oxygen atoms in total. The van der Waals surface area contributed by atoms with Crippen LogP contribution in [0.3, 0.4) is 0 Å². The molecule has 2 N–H and O–H groups in total. The lowest BCUT2D eigenvalue weighted by Gasteiger charge is -2.10. The van der Waals surface area contributed by atoms with Gasteiger partial charge in [0.15, 0.2) is 6.10 Å². The van der Waals surface area contributed by atoms with Crippen LogP contribution in [0.1, 0.15) is 11.7 Å². The number of carboxylic acids is 1. The molecule has 1 aromatic carbocycles. The number of carbonyl (C=O) groups is 1. The van der Waals surface area contributed by atoms with Gasteiger partial charge < -0.3 is 10.2 Å². The largest absolute Gasteiger partial charge is 0.479 e. The van der Waals surface area contributed by atoms with Crippen molar-refractivity contribution in [3.05, 3.63) is 31.7 Å². The number of hydrogen-bond donors (Lipinski definition) is 2. The summed E-state index contributed by atoms with van der Waals surface area (Å²) in [6, 6.07) is 3.00. The van der Waals surface area contributed by atoms with Gasteiger partial charge in [0.1, 0.15) is 0 Å². The van der Waals surface area contributed by atoms with E-state index in [-0.39, 0.29) is 5.56 Å². The average molecular weight is 344 g/mol. The van der Waals surface area contributed by atoms with Crippen LogP contribution in [0, 0.1) is 0 Å². The van der Waals surface area contributed by atoms with Crippen molar-refractivity contribution in [2.45, 2.75) is 6.10 Å². The maximum Gasteiger partial charge on any atom is 0.337 e. The second-order valence-electron chi connectivity index (χ2n) is 2.53. The Morgan fingerprint density at radius 3 is 2.50 bits per heavy atom. The van der Waals surface area contributed by atoms with Crippen LogP contribution in [0.4, 0.5) is 0 Å². The molecule has 1 rings (SSSR count). The number of rotatable bonds is 2. The van der Waals surface area contributed by atoms with Crippen molar-refractivity contribution >= 4 is 49.4 Å². The van der Waals surface area contributed by atoms with Crippen LogP contribution in [0.2, 0.25) is 5.02 Å². The molecule has 6 heteroatoms. The van der Waals surface area contributed by atoms with Crippen LogP contribution in [0.25, 0.3) is 0 Å². The maximum atomic E-state index is 10.5. The molecule has 0 heterocycles. The summed E-state index contributed by atoms with van der Waals surface area (Å²) >= 11 is 12.0. The van der Waals surface area contributed by atoms with Gasteiger partial charge in [-0.25, -0.2) is 4.79 Å². The highest BCUT2D eigenvalue weighted by Crippen LogP contribution is 2.33. The van der Waals surface area contributed by atoms with Crippen molar-refractivity contribution in [2.75, 3.05) is 0 Å². The van der Waals surface area contributed by atoms with E-state index in [2.05, 4.69) is 31.9 Å². The summed E-state index contributed by atoms with van der Waals surface area (Å²) in [5.41, 5.74) is 0.219. The second-order valence-corrected chi connectivity index (χ2v) is 4.62. The molecular weight excluding hydrogens is 339 g/mol. The summed E-state index contributed by atoms with van der Waals surface area (Å²) in [5, 5.41) is 18.3. The van der Waals surface area contributed by atoms with Gasteiger partial charge in [0.05, 0.1) is 0 Å². The fraction of sp³-hybridized carbons (Fsp3) is 0.125. The number of hydrogen-bond acceptors (Lipinski definition) is 2. The van der Waals surface area contributed by atoms with Crippen LogP contribution in [-0.2, 0) is 4.79 Å². The zero-order valence-corrected chi connectivity index (χ0v) is 10.6. The summed E-state index contributed by atoms with van der Waals surface area (Å²) in [4.78, 5) is 10.5. The van der Waals surface area contributed by atoms with Crippen molar-refractivity contribution < 1.29 is 15.0 Å². The predicted molar refractivity (Wildman–Crippen MR) is 59.4 cm³/mol. The molecule has 0 amide bonds.